The van der Waals surface area contributed by atoms with Gasteiger partial charge in [-0.3, -0.25) is 4.79 Å². The SMILES string of the molecule is O=C(C1=CCCCC1)C1CCCC1. The van der Waals surface area contributed by atoms with Gasteiger partial charge in [0.2, 0.25) is 0 Å². The fraction of sp³-hybridized carbons (Fsp3) is 0.750. The maximum atomic E-state index is 11.9. The zero-order valence-electron chi connectivity index (χ0n) is 8.22. The molecule has 0 unspecified atom stereocenters. The lowest BCUT2D eigenvalue weighted by molar-refractivity contribution is -0.119. The maximum absolute atomic E-state index is 11.9. The second-order valence-electron chi connectivity index (χ2n) is 4.32. The van der Waals surface area contributed by atoms with Crippen molar-refractivity contribution in [2.75, 3.05) is 0 Å². The van der Waals surface area contributed by atoms with Gasteiger partial charge in [-0.05, 0) is 44.1 Å². The minimum atomic E-state index is 0.393. The highest BCUT2D eigenvalue weighted by molar-refractivity contribution is 5.97. The zero-order valence-corrected chi connectivity index (χ0v) is 8.22. The van der Waals surface area contributed by atoms with Crippen LogP contribution in [-0.2, 0) is 4.79 Å². The van der Waals surface area contributed by atoms with Crippen molar-refractivity contribution in [3.63, 3.8) is 0 Å². The summed E-state index contributed by atoms with van der Waals surface area (Å²) in [4.78, 5) is 11.9. The first-order chi connectivity index (χ1) is 6.38. The topological polar surface area (TPSA) is 17.1 Å². The molecule has 13 heavy (non-hydrogen) atoms. The zero-order chi connectivity index (χ0) is 9.10. The van der Waals surface area contributed by atoms with Crippen LogP contribution in [0.4, 0.5) is 0 Å². The van der Waals surface area contributed by atoms with Crippen LogP contribution in [-0.4, -0.2) is 5.78 Å². The molecule has 0 saturated heterocycles. The standard InChI is InChI=1S/C12H18O/c13-12(11-8-4-5-9-11)10-6-2-1-3-7-10/h6,11H,1-5,7-9H2. The van der Waals surface area contributed by atoms with Crippen molar-refractivity contribution >= 4 is 5.78 Å². The van der Waals surface area contributed by atoms with Gasteiger partial charge in [-0.25, -0.2) is 0 Å². The Morgan fingerprint density at radius 1 is 1.15 bits per heavy atom. The first-order valence-electron chi connectivity index (χ1n) is 5.61. The van der Waals surface area contributed by atoms with Crippen LogP contribution in [0.3, 0.4) is 0 Å². The first-order valence-corrected chi connectivity index (χ1v) is 5.61. The highest BCUT2D eigenvalue weighted by atomic mass is 16.1. The van der Waals surface area contributed by atoms with E-state index in [4.69, 9.17) is 0 Å². The third-order valence-electron chi connectivity index (χ3n) is 3.33. The summed E-state index contributed by atoms with van der Waals surface area (Å²) >= 11 is 0. The molecule has 1 nitrogen and oxygen atoms in total. The lowest BCUT2D eigenvalue weighted by Crippen LogP contribution is -2.14. The highest BCUT2D eigenvalue weighted by Crippen LogP contribution is 2.30. The average molecular weight is 178 g/mol. The Labute approximate surface area is 80.2 Å². The van der Waals surface area contributed by atoms with Gasteiger partial charge in [-0.2, -0.15) is 0 Å². The molecule has 0 atom stereocenters. The lowest BCUT2D eigenvalue weighted by Gasteiger charge is -2.14. The van der Waals surface area contributed by atoms with Crippen molar-refractivity contribution in [1.29, 1.82) is 0 Å². The minimum absolute atomic E-state index is 0.393. The van der Waals surface area contributed by atoms with Crippen molar-refractivity contribution < 1.29 is 4.79 Å². The number of hydrogen-bond acceptors (Lipinski definition) is 1. The lowest BCUT2D eigenvalue weighted by atomic mass is 9.89. The maximum Gasteiger partial charge on any atom is 0.161 e. The molecule has 0 aromatic heterocycles. The number of Topliss-reactive ketones (excluding diaryl/α,β-unsaturated/α-hetero) is 1. The van der Waals surface area contributed by atoms with E-state index in [1.807, 2.05) is 0 Å². The van der Waals surface area contributed by atoms with Gasteiger partial charge >= 0.3 is 0 Å². The molecular formula is C12H18O. The summed E-state index contributed by atoms with van der Waals surface area (Å²) in [6.07, 6.45) is 11.7. The summed E-state index contributed by atoms with van der Waals surface area (Å²) in [7, 11) is 0. The van der Waals surface area contributed by atoms with Gasteiger partial charge in [-0.1, -0.05) is 18.9 Å². The molecule has 2 aliphatic rings. The molecule has 0 N–H and O–H groups in total. The van der Waals surface area contributed by atoms with E-state index in [0.717, 1.165) is 31.3 Å². The summed E-state index contributed by atoms with van der Waals surface area (Å²) in [6.45, 7) is 0. The van der Waals surface area contributed by atoms with Crippen LogP contribution in [0.15, 0.2) is 11.6 Å². The number of ketones is 1. The van der Waals surface area contributed by atoms with Crippen molar-refractivity contribution in [2.24, 2.45) is 5.92 Å². The summed E-state index contributed by atoms with van der Waals surface area (Å²) in [6, 6.07) is 0. The molecule has 0 heterocycles. The van der Waals surface area contributed by atoms with E-state index in [-0.39, 0.29) is 0 Å². The Morgan fingerprint density at radius 2 is 1.92 bits per heavy atom. The summed E-state index contributed by atoms with van der Waals surface area (Å²) < 4.78 is 0. The van der Waals surface area contributed by atoms with Crippen LogP contribution in [0, 0.1) is 5.92 Å². The molecule has 72 valence electrons. The number of carbonyl (C=O) groups is 1. The van der Waals surface area contributed by atoms with Crippen molar-refractivity contribution in [2.45, 2.75) is 51.4 Å². The van der Waals surface area contributed by atoms with Gasteiger partial charge in [0.1, 0.15) is 0 Å². The number of hydrogen-bond donors (Lipinski definition) is 0. The minimum Gasteiger partial charge on any atom is -0.294 e. The van der Waals surface area contributed by atoms with Crippen molar-refractivity contribution in [1.82, 2.24) is 0 Å². The van der Waals surface area contributed by atoms with Crippen LogP contribution in [0.25, 0.3) is 0 Å². The Hall–Kier alpha value is -0.590. The smallest absolute Gasteiger partial charge is 0.161 e. The van der Waals surface area contributed by atoms with Gasteiger partial charge in [0.15, 0.2) is 5.78 Å². The summed E-state index contributed by atoms with van der Waals surface area (Å²) in [5.41, 5.74) is 1.15. The average Bonchev–Trinajstić information content (AvgIpc) is 2.71. The van der Waals surface area contributed by atoms with Crippen LogP contribution in [0.5, 0.6) is 0 Å². The van der Waals surface area contributed by atoms with Crippen LogP contribution in [0.1, 0.15) is 51.4 Å². The largest absolute Gasteiger partial charge is 0.294 e. The molecule has 0 aromatic rings. The van der Waals surface area contributed by atoms with Crippen LogP contribution >= 0.6 is 0 Å². The molecule has 2 aliphatic carbocycles. The summed E-state index contributed by atoms with van der Waals surface area (Å²) in [5.74, 6) is 0.876. The second kappa shape index (κ2) is 4.08. The van der Waals surface area contributed by atoms with Gasteiger partial charge in [0, 0.05) is 5.92 Å². The van der Waals surface area contributed by atoms with Crippen LogP contribution in [0.2, 0.25) is 0 Å². The second-order valence-corrected chi connectivity index (χ2v) is 4.32. The van der Waals surface area contributed by atoms with Gasteiger partial charge in [0.05, 0.1) is 0 Å². The Balaban J connectivity index is 1.98. The van der Waals surface area contributed by atoms with E-state index >= 15 is 0 Å². The van der Waals surface area contributed by atoms with Gasteiger partial charge in [0.25, 0.3) is 0 Å². The predicted octanol–water partition coefficient (Wildman–Crippen LogP) is 3.25. The van der Waals surface area contributed by atoms with E-state index in [2.05, 4.69) is 6.08 Å². The third kappa shape index (κ3) is 2.01. The van der Waals surface area contributed by atoms with E-state index in [1.165, 1.54) is 25.7 Å². The van der Waals surface area contributed by atoms with Crippen molar-refractivity contribution in [3.05, 3.63) is 11.6 Å². The molecule has 1 heteroatoms. The van der Waals surface area contributed by atoms with E-state index in [9.17, 15) is 4.79 Å². The number of allylic oxidation sites excluding steroid dienone is 2. The molecule has 0 amide bonds. The number of rotatable bonds is 2. The molecule has 0 radical (unpaired) electrons. The van der Waals surface area contributed by atoms with E-state index in [0.29, 0.717) is 11.7 Å². The number of carbonyl (C=O) groups excluding carboxylic acids is 1. The molecule has 1 saturated carbocycles. The molecule has 0 aromatic carbocycles. The normalized spacial score (nSPS) is 24.5. The molecular weight excluding hydrogens is 160 g/mol. The van der Waals surface area contributed by atoms with Crippen molar-refractivity contribution in [3.8, 4) is 0 Å². The molecule has 2 rings (SSSR count). The Bertz CT molecular complexity index is 221. The molecule has 1 fully saturated rings. The fourth-order valence-electron chi connectivity index (χ4n) is 2.51. The van der Waals surface area contributed by atoms with E-state index < -0.39 is 0 Å². The monoisotopic (exact) mass is 178 g/mol. The first kappa shape index (κ1) is 8.98. The molecule has 0 spiro atoms. The van der Waals surface area contributed by atoms with E-state index in [1.54, 1.807) is 0 Å². The van der Waals surface area contributed by atoms with Gasteiger partial charge in [-0.15, -0.1) is 0 Å². The quantitative estimate of drug-likeness (QED) is 0.634. The fourth-order valence-corrected chi connectivity index (χ4v) is 2.51. The Morgan fingerprint density at radius 3 is 2.54 bits per heavy atom. The Kier molecular flexibility index (Phi) is 2.82. The predicted molar refractivity (Wildman–Crippen MR) is 53.5 cm³/mol. The third-order valence-corrected chi connectivity index (χ3v) is 3.33. The molecule has 0 aliphatic heterocycles. The molecule has 0 bridgehead atoms. The summed E-state index contributed by atoms with van der Waals surface area (Å²) in [5, 5.41) is 0. The van der Waals surface area contributed by atoms with Crippen LogP contribution < -0.4 is 0 Å². The van der Waals surface area contributed by atoms with Gasteiger partial charge < -0.3 is 0 Å². The highest BCUT2D eigenvalue weighted by Gasteiger charge is 2.25.